The Morgan fingerprint density at radius 1 is 0.938 bits per heavy atom. The molecule has 0 aliphatic heterocycles. The van der Waals surface area contributed by atoms with E-state index in [1.165, 1.54) is 51.4 Å². The van der Waals surface area contributed by atoms with Crippen molar-refractivity contribution in [2.24, 2.45) is 11.8 Å². The molecular weight excluding hydrogens is 216 g/mol. The van der Waals surface area contributed by atoms with Gasteiger partial charge in [-0.3, -0.25) is 0 Å². The zero-order valence-corrected chi connectivity index (χ0v) is 10.7. The summed E-state index contributed by atoms with van der Waals surface area (Å²) in [5.74, 6) is 1.91. The molecule has 0 heterocycles. The van der Waals surface area contributed by atoms with Crippen LogP contribution in [0.1, 0.15) is 51.4 Å². The van der Waals surface area contributed by atoms with Crippen LogP contribution in [0.2, 0.25) is 0 Å². The molecule has 0 spiro atoms. The molecule has 3 saturated carbocycles. The number of hydrogen-bond acceptors (Lipinski definition) is 1. The van der Waals surface area contributed by atoms with Gasteiger partial charge in [0.05, 0.1) is 0 Å². The monoisotopic (exact) mass is 238 g/mol. The summed E-state index contributed by atoms with van der Waals surface area (Å²) in [6.07, 6.45) is 11.0. The first-order chi connectivity index (χ1) is 7.81. The Hall–Kier alpha value is -0.310. The second-order valence-corrected chi connectivity index (χ2v) is 6.29. The van der Waals surface area contributed by atoms with Gasteiger partial charge >= 0.3 is 0 Å². The molecule has 2 N–H and O–H groups in total. The molecular formula is C13H22N2S. The van der Waals surface area contributed by atoms with E-state index in [4.69, 9.17) is 12.2 Å². The van der Waals surface area contributed by atoms with Gasteiger partial charge < -0.3 is 10.6 Å². The average Bonchev–Trinajstić information content (AvgIpc) is 2.92. The summed E-state index contributed by atoms with van der Waals surface area (Å²) in [5, 5.41) is 7.96. The lowest BCUT2D eigenvalue weighted by Crippen LogP contribution is -2.47. The Balaban J connectivity index is 1.45. The molecule has 0 aromatic rings. The molecule has 0 amide bonds. The van der Waals surface area contributed by atoms with Crippen LogP contribution in [0, 0.1) is 11.8 Å². The van der Waals surface area contributed by atoms with Crippen molar-refractivity contribution in [3.05, 3.63) is 0 Å². The quantitative estimate of drug-likeness (QED) is 0.723. The third-order valence-corrected chi connectivity index (χ3v) is 4.98. The molecule has 3 aliphatic carbocycles. The Bertz CT molecular complexity index is 273. The molecule has 3 rings (SSSR count). The number of nitrogens with one attached hydrogen (secondary N) is 2. The molecule has 0 unspecified atom stereocenters. The normalized spacial score (nSPS) is 37.9. The van der Waals surface area contributed by atoms with Gasteiger partial charge in [0.15, 0.2) is 5.11 Å². The molecule has 3 fully saturated rings. The lowest BCUT2D eigenvalue weighted by molar-refractivity contribution is 0.387. The van der Waals surface area contributed by atoms with Gasteiger partial charge in [0.25, 0.3) is 0 Å². The molecule has 90 valence electrons. The molecule has 3 aliphatic rings. The van der Waals surface area contributed by atoms with E-state index in [1.807, 2.05) is 0 Å². The highest BCUT2D eigenvalue weighted by atomic mass is 32.1. The van der Waals surface area contributed by atoms with Crippen molar-refractivity contribution >= 4 is 17.3 Å². The van der Waals surface area contributed by atoms with Crippen molar-refractivity contribution in [2.45, 2.75) is 63.5 Å². The number of fused-ring (bicyclic) bond motifs is 2. The van der Waals surface area contributed by atoms with Crippen LogP contribution in [0.5, 0.6) is 0 Å². The van der Waals surface area contributed by atoms with E-state index in [9.17, 15) is 0 Å². The van der Waals surface area contributed by atoms with Crippen molar-refractivity contribution in [1.29, 1.82) is 0 Å². The SMILES string of the molecule is S=C(NC1CCCC1)N[C@H]1C[C@H]2CC[C@@H]1C2. The van der Waals surface area contributed by atoms with Crippen LogP contribution in [0.25, 0.3) is 0 Å². The van der Waals surface area contributed by atoms with Crippen molar-refractivity contribution in [3.8, 4) is 0 Å². The van der Waals surface area contributed by atoms with E-state index in [1.54, 1.807) is 0 Å². The molecule has 2 nitrogen and oxygen atoms in total. The van der Waals surface area contributed by atoms with Crippen molar-refractivity contribution in [1.82, 2.24) is 10.6 Å². The third kappa shape index (κ3) is 2.20. The second-order valence-electron chi connectivity index (χ2n) is 5.88. The molecule has 0 aromatic carbocycles. The zero-order valence-electron chi connectivity index (χ0n) is 9.87. The summed E-state index contributed by atoms with van der Waals surface area (Å²) in [4.78, 5) is 0. The van der Waals surface area contributed by atoms with Crippen LogP contribution in [0.15, 0.2) is 0 Å². The van der Waals surface area contributed by atoms with E-state index in [-0.39, 0.29) is 0 Å². The van der Waals surface area contributed by atoms with E-state index in [2.05, 4.69) is 10.6 Å². The molecule has 0 aromatic heterocycles. The third-order valence-electron chi connectivity index (χ3n) is 4.74. The molecule has 0 radical (unpaired) electrons. The Labute approximate surface area is 104 Å². The molecule has 3 atom stereocenters. The minimum Gasteiger partial charge on any atom is -0.360 e. The van der Waals surface area contributed by atoms with E-state index in [0.717, 1.165) is 16.9 Å². The molecule has 16 heavy (non-hydrogen) atoms. The minimum atomic E-state index is 0.651. The van der Waals surface area contributed by atoms with Crippen LogP contribution in [0.3, 0.4) is 0 Å². The van der Waals surface area contributed by atoms with E-state index < -0.39 is 0 Å². The fourth-order valence-electron chi connectivity index (χ4n) is 3.89. The summed E-state index contributed by atoms with van der Waals surface area (Å²) in [6.45, 7) is 0. The van der Waals surface area contributed by atoms with Crippen molar-refractivity contribution in [2.75, 3.05) is 0 Å². The first-order valence-electron chi connectivity index (χ1n) is 6.88. The summed E-state index contributed by atoms with van der Waals surface area (Å²) in [5.41, 5.74) is 0. The van der Waals surface area contributed by atoms with Gasteiger partial charge in [-0.1, -0.05) is 19.3 Å². The first-order valence-corrected chi connectivity index (χ1v) is 7.29. The van der Waals surface area contributed by atoms with Gasteiger partial charge in [-0.15, -0.1) is 0 Å². The van der Waals surface area contributed by atoms with Gasteiger partial charge in [-0.25, -0.2) is 0 Å². The van der Waals surface area contributed by atoms with Gasteiger partial charge in [0.2, 0.25) is 0 Å². The predicted octanol–water partition coefficient (Wildman–Crippen LogP) is 2.58. The fraction of sp³-hybridized carbons (Fsp3) is 0.923. The molecule has 2 bridgehead atoms. The van der Waals surface area contributed by atoms with Gasteiger partial charge in [-0.2, -0.15) is 0 Å². The van der Waals surface area contributed by atoms with Crippen LogP contribution in [-0.2, 0) is 0 Å². The van der Waals surface area contributed by atoms with Crippen LogP contribution < -0.4 is 10.6 Å². The number of thiocarbonyl (C=S) groups is 1. The molecule has 3 heteroatoms. The summed E-state index contributed by atoms with van der Waals surface area (Å²) in [6, 6.07) is 1.33. The maximum absolute atomic E-state index is 5.42. The topological polar surface area (TPSA) is 24.1 Å². The highest BCUT2D eigenvalue weighted by molar-refractivity contribution is 7.80. The smallest absolute Gasteiger partial charge is 0.166 e. The first kappa shape index (κ1) is 10.8. The summed E-state index contributed by atoms with van der Waals surface area (Å²) < 4.78 is 0. The highest BCUT2D eigenvalue weighted by Crippen LogP contribution is 2.44. The van der Waals surface area contributed by atoms with Gasteiger partial charge in [0.1, 0.15) is 0 Å². The largest absolute Gasteiger partial charge is 0.360 e. The maximum Gasteiger partial charge on any atom is 0.166 e. The van der Waals surface area contributed by atoms with Gasteiger partial charge in [0, 0.05) is 12.1 Å². The maximum atomic E-state index is 5.42. The van der Waals surface area contributed by atoms with E-state index >= 15 is 0 Å². The Morgan fingerprint density at radius 3 is 2.38 bits per heavy atom. The highest BCUT2D eigenvalue weighted by Gasteiger charge is 2.39. The van der Waals surface area contributed by atoms with Crippen molar-refractivity contribution in [3.63, 3.8) is 0 Å². The predicted molar refractivity (Wildman–Crippen MR) is 70.4 cm³/mol. The van der Waals surface area contributed by atoms with Crippen LogP contribution in [0.4, 0.5) is 0 Å². The lowest BCUT2D eigenvalue weighted by Gasteiger charge is -2.26. The lowest BCUT2D eigenvalue weighted by atomic mass is 9.95. The Kier molecular flexibility index (Phi) is 3.05. The standard InChI is InChI=1S/C13H22N2S/c16-13(14-11-3-1-2-4-11)15-12-8-9-5-6-10(12)7-9/h9-12H,1-8H2,(H2,14,15,16)/t9-,10+,12-/m0/s1. The van der Waals surface area contributed by atoms with Crippen LogP contribution >= 0.6 is 12.2 Å². The molecule has 0 saturated heterocycles. The number of hydrogen-bond donors (Lipinski definition) is 2. The van der Waals surface area contributed by atoms with E-state index in [0.29, 0.717) is 12.1 Å². The van der Waals surface area contributed by atoms with Gasteiger partial charge in [-0.05, 0) is 56.2 Å². The van der Waals surface area contributed by atoms with Crippen molar-refractivity contribution < 1.29 is 0 Å². The van der Waals surface area contributed by atoms with Crippen LogP contribution in [-0.4, -0.2) is 17.2 Å². The fourth-order valence-corrected chi connectivity index (χ4v) is 4.21. The Morgan fingerprint density at radius 2 is 1.75 bits per heavy atom. The summed E-state index contributed by atoms with van der Waals surface area (Å²) >= 11 is 5.42. The second kappa shape index (κ2) is 4.52. The summed E-state index contributed by atoms with van der Waals surface area (Å²) in [7, 11) is 0. The minimum absolute atomic E-state index is 0.651. The number of rotatable bonds is 2. The zero-order chi connectivity index (χ0) is 11.0. The average molecular weight is 238 g/mol.